The van der Waals surface area contributed by atoms with Gasteiger partial charge in [0.25, 0.3) is 0 Å². The second-order valence-corrected chi connectivity index (χ2v) is 4.98. The summed E-state index contributed by atoms with van der Waals surface area (Å²) in [4.78, 5) is 9.20. The van der Waals surface area contributed by atoms with E-state index in [1.165, 1.54) is 0 Å². The van der Waals surface area contributed by atoms with Gasteiger partial charge in [-0.2, -0.15) is 9.78 Å². The SMILES string of the molecule is CCC(Cl)(Cl)OOC(Cl)(Cl)CC. The third-order valence-electron chi connectivity index (χ3n) is 1.11. The van der Waals surface area contributed by atoms with Crippen LogP contribution in [-0.4, -0.2) is 9.04 Å². The van der Waals surface area contributed by atoms with E-state index in [0.717, 1.165) is 0 Å². The van der Waals surface area contributed by atoms with E-state index in [-0.39, 0.29) is 0 Å². The van der Waals surface area contributed by atoms with E-state index in [9.17, 15) is 0 Å². The summed E-state index contributed by atoms with van der Waals surface area (Å²) in [5, 5.41) is 0. The maximum Gasteiger partial charge on any atom is 0.249 e. The van der Waals surface area contributed by atoms with Gasteiger partial charge in [0, 0.05) is 12.8 Å². The Morgan fingerprint density at radius 3 is 1.25 bits per heavy atom. The van der Waals surface area contributed by atoms with Crippen LogP contribution < -0.4 is 0 Å². The van der Waals surface area contributed by atoms with Gasteiger partial charge in [0.2, 0.25) is 9.04 Å². The lowest BCUT2D eigenvalue weighted by Crippen LogP contribution is -2.24. The summed E-state index contributed by atoms with van der Waals surface area (Å²) in [6.07, 6.45) is 0.730. The lowest BCUT2D eigenvalue weighted by Gasteiger charge is -2.22. The van der Waals surface area contributed by atoms with Crippen molar-refractivity contribution in [3.63, 3.8) is 0 Å². The zero-order chi connectivity index (χ0) is 9.83. The average Bonchev–Trinajstić information content (AvgIpc) is 2.02. The highest BCUT2D eigenvalue weighted by Crippen LogP contribution is 2.33. The maximum absolute atomic E-state index is 5.58. The van der Waals surface area contributed by atoms with Gasteiger partial charge < -0.3 is 0 Å². The lowest BCUT2D eigenvalue weighted by atomic mass is 10.5. The molecule has 0 saturated heterocycles. The highest BCUT2D eigenvalue weighted by Gasteiger charge is 2.31. The first-order chi connectivity index (χ1) is 5.33. The number of alkyl halides is 4. The van der Waals surface area contributed by atoms with Crippen molar-refractivity contribution >= 4 is 46.4 Å². The summed E-state index contributed by atoms with van der Waals surface area (Å²) < 4.78 is -2.80. The summed E-state index contributed by atoms with van der Waals surface area (Å²) in [6.45, 7) is 3.47. The highest BCUT2D eigenvalue weighted by atomic mass is 35.5. The molecule has 0 rings (SSSR count). The van der Waals surface area contributed by atoms with E-state index in [1.54, 1.807) is 13.8 Å². The first-order valence-electron chi connectivity index (χ1n) is 3.45. The van der Waals surface area contributed by atoms with Crippen LogP contribution in [-0.2, 0) is 9.78 Å². The summed E-state index contributed by atoms with van der Waals surface area (Å²) in [5.74, 6) is 0. The Bertz CT molecular complexity index is 122. The normalized spacial score (nSPS) is 13.5. The molecule has 0 aromatic carbocycles. The molecule has 0 amide bonds. The van der Waals surface area contributed by atoms with Crippen molar-refractivity contribution in [3.8, 4) is 0 Å². The standard InChI is InChI=1S/C6H10Cl4O2/c1-3-5(7,8)11-12-6(9,10)4-2/h3-4H2,1-2H3. The molecule has 12 heavy (non-hydrogen) atoms. The molecule has 0 atom stereocenters. The molecule has 0 radical (unpaired) electrons. The van der Waals surface area contributed by atoms with Gasteiger partial charge in [-0.05, 0) is 0 Å². The van der Waals surface area contributed by atoms with E-state index in [0.29, 0.717) is 12.8 Å². The van der Waals surface area contributed by atoms with Crippen molar-refractivity contribution < 1.29 is 9.78 Å². The molecule has 0 saturated carbocycles. The van der Waals surface area contributed by atoms with Gasteiger partial charge in [0.15, 0.2) is 0 Å². The third-order valence-corrected chi connectivity index (χ3v) is 2.43. The number of halogens is 4. The van der Waals surface area contributed by atoms with E-state index in [2.05, 4.69) is 9.78 Å². The van der Waals surface area contributed by atoms with Crippen molar-refractivity contribution in [3.05, 3.63) is 0 Å². The molecule has 74 valence electrons. The molecule has 0 spiro atoms. The molecule has 0 heterocycles. The molecule has 6 heteroatoms. The zero-order valence-corrected chi connectivity index (χ0v) is 9.77. The summed E-state index contributed by atoms with van der Waals surface area (Å²) in [7, 11) is 0. The monoisotopic (exact) mass is 254 g/mol. The Balaban J connectivity index is 3.82. The average molecular weight is 256 g/mol. The van der Waals surface area contributed by atoms with Crippen molar-refractivity contribution in [2.45, 2.75) is 35.7 Å². The minimum absolute atomic E-state index is 0.365. The topological polar surface area (TPSA) is 18.5 Å². The van der Waals surface area contributed by atoms with E-state index in [1.807, 2.05) is 0 Å². The summed E-state index contributed by atoms with van der Waals surface area (Å²) in [6, 6.07) is 0. The molecule has 0 aliphatic heterocycles. The Hall–Kier alpha value is 1.08. The van der Waals surface area contributed by atoms with Crippen molar-refractivity contribution in [2.75, 3.05) is 0 Å². The fourth-order valence-corrected chi connectivity index (χ4v) is 0.366. The molecule has 0 aromatic heterocycles. The zero-order valence-electron chi connectivity index (χ0n) is 6.74. The molecule has 0 unspecified atom stereocenters. The van der Waals surface area contributed by atoms with Crippen LogP contribution in [0.5, 0.6) is 0 Å². The number of hydrogen-bond donors (Lipinski definition) is 0. The van der Waals surface area contributed by atoms with Crippen molar-refractivity contribution in [1.29, 1.82) is 0 Å². The van der Waals surface area contributed by atoms with E-state index in [4.69, 9.17) is 46.4 Å². The van der Waals surface area contributed by atoms with Gasteiger partial charge in [-0.1, -0.05) is 60.3 Å². The third kappa shape index (κ3) is 5.68. The lowest BCUT2D eigenvalue weighted by molar-refractivity contribution is -0.340. The molecule has 0 aromatic rings. The second kappa shape index (κ2) is 5.08. The molecule has 2 nitrogen and oxygen atoms in total. The molecule has 0 fully saturated rings. The minimum Gasteiger partial charge on any atom is -0.194 e. The van der Waals surface area contributed by atoms with Crippen LogP contribution in [0.4, 0.5) is 0 Å². The Labute approximate surface area is 91.9 Å². The molecular weight excluding hydrogens is 246 g/mol. The highest BCUT2D eigenvalue weighted by molar-refractivity contribution is 6.48. The van der Waals surface area contributed by atoms with Crippen LogP contribution in [0.1, 0.15) is 26.7 Å². The van der Waals surface area contributed by atoms with Crippen LogP contribution in [0.15, 0.2) is 0 Å². The molecule has 0 N–H and O–H groups in total. The fourth-order valence-electron chi connectivity index (χ4n) is 0.240. The second-order valence-electron chi connectivity index (χ2n) is 2.15. The Morgan fingerprint density at radius 1 is 0.833 bits per heavy atom. The van der Waals surface area contributed by atoms with Gasteiger partial charge in [0.05, 0.1) is 0 Å². The molecular formula is C6H10Cl4O2. The van der Waals surface area contributed by atoms with E-state index >= 15 is 0 Å². The first-order valence-corrected chi connectivity index (χ1v) is 4.96. The quantitative estimate of drug-likeness (QED) is 0.420. The van der Waals surface area contributed by atoms with Gasteiger partial charge in [-0.25, -0.2) is 0 Å². The number of rotatable bonds is 5. The predicted molar refractivity (Wildman–Crippen MR) is 51.6 cm³/mol. The molecule has 0 aliphatic rings. The van der Waals surface area contributed by atoms with Crippen LogP contribution in [0.3, 0.4) is 0 Å². The Morgan fingerprint density at radius 2 is 1.08 bits per heavy atom. The van der Waals surface area contributed by atoms with Gasteiger partial charge >= 0.3 is 0 Å². The summed E-state index contributed by atoms with van der Waals surface area (Å²) >= 11 is 22.3. The van der Waals surface area contributed by atoms with Crippen LogP contribution >= 0.6 is 46.4 Å². The number of hydrogen-bond acceptors (Lipinski definition) is 2. The largest absolute Gasteiger partial charge is 0.249 e. The first kappa shape index (κ1) is 13.1. The molecule has 0 aliphatic carbocycles. The fraction of sp³-hybridized carbons (Fsp3) is 1.00. The van der Waals surface area contributed by atoms with Crippen molar-refractivity contribution in [2.24, 2.45) is 0 Å². The predicted octanol–water partition coefficient (Wildman–Crippen LogP) is 4.02. The van der Waals surface area contributed by atoms with Gasteiger partial charge in [-0.15, -0.1) is 0 Å². The Kier molecular flexibility index (Phi) is 5.54. The van der Waals surface area contributed by atoms with Crippen LogP contribution in [0.2, 0.25) is 0 Å². The van der Waals surface area contributed by atoms with Crippen molar-refractivity contribution in [1.82, 2.24) is 0 Å². The van der Waals surface area contributed by atoms with Crippen LogP contribution in [0.25, 0.3) is 0 Å². The van der Waals surface area contributed by atoms with E-state index < -0.39 is 9.04 Å². The smallest absolute Gasteiger partial charge is 0.194 e. The summed E-state index contributed by atoms with van der Waals surface area (Å²) in [5.41, 5.74) is 0. The van der Waals surface area contributed by atoms with Gasteiger partial charge in [0.1, 0.15) is 0 Å². The minimum atomic E-state index is -1.40. The molecule has 0 bridgehead atoms. The van der Waals surface area contributed by atoms with Gasteiger partial charge in [-0.3, -0.25) is 0 Å². The van der Waals surface area contributed by atoms with Crippen LogP contribution in [0, 0.1) is 0 Å². The maximum atomic E-state index is 5.58.